The normalized spacial score (nSPS) is 14.0. The molecule has 0 saturated heterocycles. The molecule has 0 amide bonds. The molecular weight excluding hydrogens is 220 g/mol. The van der Waals surface area contributed by atoms with Gasteiger partial charge in [0.05, 0.1) is 0 Å². The summed E-state index contributed by atoms with van der Waals surface area (Å²) in [7, 11) is 0. The van der Waals surface area contributed by atoms with Gasteiger partial charge in [-0.05, 0) is 61.1 Å². The molecule has 0 saturated carbocycles. The molecule has 0 bridgehead atoms. The van der Waals surface area contributed by atoms with E-state index >= 15 is 0 Å². The molecule has 0 atom stereocenters. The van der Waals surface area contributed by atoms with Gasteiger partial charge in [-0.1, -0.05) is 18.2 Å². The van der Waals surface area contributed by atoms with Gasteiger partial charge in [0, 0.05) is 17.1 Å². The predicted molar refractivity (Wildman–Crippen MR) is 77.2 cm³/mol. The van der Waals surface area contributed by atoms with Crippen LogP contribution in [0.3, 0.4) is 0 Å². The zero-order valence-corrected chi connectivity index (χ0v) is 10.4. The lowest BCUT2D eigenvalue weighted by Gasteiger charge is -2.20. The third-order valence-electron chi connectivity index (χ3n) is 3.56. The largest absolute Gasteiger partial charge is 0.399 e. The highest BCUT2D eigenvalue weighted by atomic mass is 14.9. The first-order chi connectivity index (χ1) is 8.83. The Morgan fingerprint density at radius 1 is 0.944 bits per heavy atom. The predicted octanol–water partition coefficient (Wildman–Crippen LogP) is 3.89. The quantitative estimate of drug-likeness (QED) is 0.779. The van der Waals surface area contributed by atoms with Crippen molar-refractivity contribution in [1.82, 2.24) is 0 Å². The first-order valence-corrected chi connectivity index (χ1v) is 6.56. The molecule has 2 nitrogen and oxygen atoms in total. The van der Waals surface area contributed by atoms with Crippen LogP contribution in [0, 0.1) is 0 Å². The SMILES string of the molecule is Nc1cccc(Nc2cccc3c2CCCC3)c1. The van der Waals surface area contributed by atoms with Crippen molar-refractivity contribution in [2.75, 3.05) is 11.1 Å². The Labute approximate surface area is 108 Å². The topological polar surface area (TPSA) is 38.0 Å². The smallest absolute Gasteiger partial charge is 0.0419 e. The van der Waals surface area contributed by atoms with Gasteiger partial charge in [0.2, 0.25) is 0 Å². The standard InChI is InChI=1S/C16H18N2/c17-13-7-4-8-14(11-13)18-16-10-3-6-12-5-1-2-9-15(12)16/h3-4,6-8,10-11,18H,1-2,5,9,17H2. The highest BCUT2D eigenvalue weighted by molar-refractivity contribution is 5.67. The number of fused-ring (bicyclic) bond motifs is 1. The summed E-state index contributed by atoms with van der Waals surface area (Å²) >= 11 is 0. The van der Waals surface area contributed by atoms with Crippen LogP contribution in [0.2, 0.25) is 0 Å². The van der Waals surface area contributed by atoms with Crippen molar-refractivity contribution < 1.29 is 0 Å². The summed E-state index contributed by atoms with van der Waals surface area (Å²) in [5.41, 5.74) is 11.9. The Hall–Kier alpha value is -1.96. The molecule has 2 heteroatoms. The number of hydrogen-bond acceptors (Lipinski definition) is 2. The fourth-order valence-corrected chi connectivity index (χ4v) is 2.67. The van der Waals surface area contributed by atoms with Gasteiger partial charge in [-0.15, -0.1) is 0 Å². The highest BCUT2D eigenvalue weighted by Gasteiger charge is 2.12. The van der Waals surface area contributed by atoms with E-state index in [1.54, 1.807) is 0 Å². The first kappa shape index (κ1) is 11.1. The zero-order valence-electron chi connectivity index (χ0n) is 10.4. The van der Waals surface area contributed by atoms with Crippen LogP contribution in [-0.2, 0) is 12.8 Å². The van der Waals surface area contributed by atoms with E-state index in [0.717, 1.165) is 11.4 Å². The summed E-state index contributed by atoms with van der Waals surface area (Å²) in [6, 6.07) is 14.5. The molecule has 2 aromatic carbocycles. The van der Waals surface area contributed by atoms with Gasteiger partial charge in [-0.3, -0.25) is 0 Å². The lowest BCUT2D eigenvalue weighted by Crippen LogP contribution is -2.06. The zero-order chi connectivity index (χ0) is 12.4. The van der Waals surface area contributed by atoms with Crippen molar-refractivity contribution in [3.05, 3.63) is 53.6 Å². The molecular formula is C16H18N2. The molecule has 1 aliphatic carbocycles. The average molecular weight is 238 g/mol. The molecule has 0 unspecified atom stereocenters. The van der Waals surface area contributed by atoms with Gasteiger partial charge < -0.3 is 11.1 Å². The minimum Gasteiger partial charge on any atom is -0.399 e. The third-order valence-corrected chi connectivity index (χ3v) is 3.56. The van der Waals surface area contributed by atoms with Crippen LogP contribution >= 0.6 is 0 Å². The number of nitrogens with two attached hydrogens (primary N) is 1. The van der Waals surface area contributed by atoms with E-state index in [9.17, 15) is 0 Å². The van der Waals surface area contributed by atoms with Gasteiger partial charge >= 0.3 is 0 Å². The summed E-state index contributed by atoms with van der Waals surface area (Å²) in [5.74, 6) is 0. The number of nitrogen functional groups attached to an aromatic ring is 1. The summed E-state index contributed by atoms with van der Waals surface area (Å²) in [5, 5.41) is 3.49. The highest BCUT2D eigenvalue weighted by Crippen LogP contribution is 2.30. The van der Waals surface area contributed by atoms with Crippen molar-refractivity contribution in [1.29, 1.82) is 0 Å². The van der Waals surface area contributed by atoms with Gasteiger partial charge in [0.25, 0.3) is 0 Å². The number of hydrogen-bond donors (Lipinski definition) is 2. The molecule has 3 N–H and O–H groups in total. The Balaban J connectivity index is 1.93. The first-order valence-electron chi connectivity index (χ1n) is 6.56. The van der Waals surface area contributed by atoms with Gasteiger partial charge in [0.1, 0.15) is 0 Å². The van der Waals surface area contributed by atoms with E-state index in [4.69, 9.17) is 5.73 Å². The molecule has 1 aliphatic rings. The second-order valence-corrected chi connectivity index (χ2v) is 4.90. The molecule has 3 rings (SSSR count). The Bertz CT molecular complexity index is 561. The van der Waals surface area contributed by atoms with Crippen molar-refractivity contribution in [3.8, 4) is 0 Å². The van der Waals surface area contributed by atoms with Crippen LogP contribution < -0.4 is 11.1 Å². The molecule has 0 fully saturated rings. The van der Waals surface area contributed by atoms with Crippen LogP contribution in [0.15, 0.2) is 42.5 Å². The maximum atomic E-state index is 5.81. The maximum Gasteiger partial charge on any atom is 0.0419 e. The van der Waals surface area contributed by atoms with E-state index in [-0.39, 0.29) is 0 Å². The Morgan fingerprint density at radius 3 is 2.67 bits per heavy atom. The van der Waals surface area contributed by atoms with Gasteiger partial charge in [-0.2, -0.15) is 0 Å². The molecule has 2 aromatic rings. The van der Waals surface area contributed by atoms with Crippen LogP contribution in [0.4, 0.5) is 17.1 Å². The molecule has 18 heavy (non-hydrogen) atoms. The summed E-state index contributed by atoms with van der Waals surface area (Å²) in [4.78, 5) is 0. The minimum absolute atomic E-state index is 0.796. The molecule has 0 aromatic heterocycles. The van der Waals surface area contributed by atoms with E-state index in [0.29, 0.717) is 0 Å². The molecule has 92 valence electrons. The van der Waals surface area contributed by atoms with E-state index in [2.05, 4.69) is 29.6 Å². The number of rotatable bonds is 2. The van der Waals surface area contributed by atoms with Crippen molar-refractivity contribution in [2.24, 2.45) is 0 Å². The molecule has 0 radical (unpaired) electrons. The maximum absolute atomic E-state index is 5.81. The van der Waals surface area contributed by atoms with Gasteiger partial charge in [0.15, 0.2) is 0 Å². The second-order valence-electron chi connectivity index (χ2n) is 4.90. The number of nitrogens with one attached hydrogen (secondary N) is 1. The van der Waals surface area contributed by atoms with Crippen molar-refractivity contribution in [3.63, 3.8) is 0 Å². The van der Waals surface area contributed by atoms with Gasteiger partial charge in [-0.25, -0.2) is 0 Å². The second kappa shape index (κ2) is 4.73. The molecule has 0 spiro atoms. The number of anilines is 3. The van der Waals surface area contributed by atoms with Crippen molar-refractivity contribution in [2.45, 2.75) is 25.7 Å². The lowest BCUT2D eigenvalue weighted by atomic mass is 9.90. The summed E-state index contributed by atoms with van der Waals surface area (Å²) < 4.78 is 0. The van der Waals surface area contributed by atoms with Crippen LogP contribution in [0.25, 0.3) is 0 Å². The minimum atomic E-state index is 0.796. The number of aryl methyl sites for hydroxylation is 1. The fraction of sp³-hybridized carbons (Fsp3) is 0.250. The molecule has 0 heterocycles. The van der Waals surface area contributed by atoms with Crippen LogP contribution in [0.1, 0.15) is 24.0 Å². The number of benzene rings is 2. The van der Waals surface area contributed by atoms with E-state index in [1.165, 1.54) is 42.5 Å². The Kier molecular flexibility index (Phi) is 2.93. The van der Waals surface area contributed by atoms with E-state index < -0.39 is 0 Å². The molecule has 0 aliphatic heterocycles. The average Bonchev–Trinajstić information content (AvgIpc) is 2.39. The summed E-state index contributed by atoms with van der Waals surface area (Å²) in [6.07, 6.45) is 5.00. The van der Waals surface area contributed by atoms with Crippen LogP contribution in [0.5, 0.6) is 0 Å². The lowest BCUT2D eigenvalue weighted by molar-refractivity contribution is 0.687. The summed E-state index contributed by atoms with van der Waals surface area (Å²) in [6.45, 7) is 0. The fourth-order valence-electron chi connectivity index (χ4n) is 2.67. The van der Waals surface area contributed by atoms with E-state index in [1.807, 2.05) is 18.2 Å². The Morgan fingerprint density at radius 2 is 1.78 bits per heavy atom. The monoisotopic (exact) mass is 238 g/mol. The van der Waals surface area contributed by atoms with Crippen LogP contribution in [-0.4, -0.2) is 0 Å². The third kappa shape index (κ3) is 2.19. The van der Waals surface area contributed by atoms with Crippen molar-refractivity contribution >= 4 is 17.1 Å².